The Morgan fingerprint density at radius 2 is 1.68 bits per heavy atom. The number of carbonyl (C=O) groups excluding carboxylic acids is 2. The Hall–Kier alpha value is -5.73. The molecule has 0 aliphatic carbocycles. The second kappa shape index (κ2) is 15.7. The lowest BCUT2D eigenvalue weighted by Crippen LogP contribution is -2.36. The molecule has 0 radical (unpaired) electrons. The summed E-state index contributed by atoms with van der Waals surface area (Å²) in [6.45, 7) is 11.3. The van der Waals surface area contributed by atoms with Crippen LogP contribution in [0.3, 0.4) is 0 Å². The van der Waals surface area contributed by atoms with Crippen molar-refractivity contribution in [3.8, 4) is 28.8 Å². The molecule has 1 aromatic heterocycles. The van der Waals surface area contributed by atoms with Gasteiger partial charge >= 0.3 is 12.1 Å². The number of carboxylic acids is 1. The predicted octanol–water partition coefficient (Wildman–Crippen LogP) is 8.01. The quantitative estimate of drug-likeness (QED) is 0.147. The second-order valence-electron chi connectivity index (χ2n) is 12.4. The van der Waals surface area contributed by atoms with E-state index in [0.717, 1.165) is 0 Å². The topological polar surface area (TPSA) is 134 Å². The van der Waals surface area contributed by atoms with E-state index in [4.69, 9.17) is 25.8 Å². The van der Waals surface area contributed by atoms with E-state index in [-0.39, 0.29) is 29.8 Å². The van der Waals surface area contributed by atoms with E-state index in [1.807, 2.05) is 0 Å². The number of amides is 2. The average molecular weight is 699 g/mol. The highest BCUT2D eigenvalue weighted by atomic mass is 35.5. The van der Waals surface area contributed by atoms with Crippen molar-refractivity contribution in [3.05, 3.63) is 107 Å². The molecule has 3 aromatic carbocycles. The van der Waals surface area contributed by atoms with Gasteiger partial charge in [-0.3, -0.25) is 9.69 Å². The van der Waals surface area contributed by atoms with Crippen LogP contribution in [0.4, 0.5) is 16.2 Å². The highest BCUT2D eigenvalue weighted by Gasteiger charge is 2.27. The van der Waals surface area contributed by atoms with Crippen molar-refractivity contribution < 1.29 is 33.7 Å². The molecule has 0 aliphatic heterocycles. The van der Waals surface area contributed by atoms with E-state index < -0.39 is 23.6 Å². The van der Waals surface area contributed by atoms with Crippen LogP contribution in [0.25, 0.3) is 11.3 Å². The molecular formula is C38H39ClN4O7. The summed E-state index contributed by atoms with van der Waals surface area (Å²) in [6.07, 6.45) is 1.12. The molecule has 0 atom stereocenters. The number of nitrogens with zero attached hydrogens (tertiary/aromatic N) is 4. The van der Waals surface area contributed by atoms with Crippen LogP contribution in [0.2, 0.25) is 5.02 Å². The molecule has 0 unspecified atom stereocenters. The van der Waals surface area contributed by atoms with E-state index in [0.29, 0.717) is 51.5 Å². The molecule has 0 aliphatic rings. The molecule has 0 fully saturated rings. The number of halogens is 1. The third kappa shape index (κ3) is 8.84. The number of aromatic carboxylic acids is 1. The zero-order chi connectivity index (χ0) is 36.7. The van der Waals surface area contributed by atoms with Crippen LogP contribution < -0.4 is 14.4 Å². The smallest absolute Gasteiger partial charge is 0.410 e. The second-order valence-corrected chi connectivity index (χ2v) is 12.8. The van der Waals surface area contributed by atoms with Crippen LogP contribution in [0.1, 0.15) is 52.7 Å². The number of nitriles is 1. The summed E-state index contributed by atoms with van der Waals surface area (Å²) < 4.78 is 18.8. The van der Waals surface area contributed by atoms with Gasteiger partial charge in [-0.05, 0) is 88.4 Å². The van der Waals surface area contributed by atoms with Crippen LogP contribution in [0.15, 0.2) is 79.4 Å². The first kappa shape index (κ1) is 37.1. The SMILES string of the molecule is C=CCOc1ccc(N(C(=O)c2cc(-c3cc(Cl)ccc3C(=O)O)n(C)c2C)c2cc(C#N)cc(OCCN(C)C(=O)OC(C)(C)C)c2)cc1. The number of aromatic nitrogens is 1. The Morgan fingerprint density at radius 3 is 2.30 bits per heavy atom. The van der Waals surface area contributed by atoms with Gasteiger partial charge in [-0.1, -0.05) is 24.3 Å². The molecule has 50 heavy (non-hydrogen) atoms. The van der Waals surface area contributed by atoms with Gasteiger partial charge in [-0.25, -0.2) is 9.59 Å². The molecule has 11 nitrogen and oxygen atoms in total. The number of carbonyl (C=O) groups is 3. The van der Waals surface area contributed by atoms with E-state index in [1.165, 1.54) is 21.9 Å². The molecule has 260 valence electrons. The lowest BCUT2D eigenvalue weighted by molar-refractivity contribution is 0.0278. The normalized spacial score (nSPS) is 10.9. The maximum atomic E-state index is 14.7. The van der Waals surface area contributed by atoms with Crippen molar-refractivity contribution in [1.82, 2.24) is 9.47 Å². The van der Waals surface area contributed by atoms with Crippen molar-refractivity contribution in [3.63, 3.8) is 0 Å². The molecule has 4 aromatic rings. The monoisotopic (exact) mass is 698 g/mol. The van der Waals surface area contributed by atoms with Crippen LogP contribution in [0.5, 0.6) is 11.5 Å². The van der Waals surface area contributed by atoms with Gasteiger partial charge < -0.3 is 28.8 Å². The highest BCUT2D eigenvalue weighted by molar-refractivity contribution is 6.31. The number of hydrogen-bond acceptors (Lipinski definition) is 7. The highest BCUT2D eigenvalue weighted by Crippen LogP contribution is 2.36. The van der Waals surface area contributed by atoms with Crippen molar-refractivity contribution in [2.75, 3.05) is 31.7 Å². The number of carboxylic acid groups (broad SMARTS) is 1. The Bertz CT molecular complexity index is 1960. The van der Waals surface area contributed by atoms with Crippen molar-refractivity contribution >= 4 is 40.9 Å². The Morgan fingerprint density at radius 1 is 0.980 bits per heavy atom. The number of likely N-dealkylation sites (N-methyl/N-ethyl adjacent to an activating group) is 1. The molecule has 4 rings (SSSR count). The van der Waals surface area contributed by atoms with Crippen LogP contribution in [0, 0.1) is 18.3 Å². The van der Waals surface area contributed by atoms with Gasteiger partial charge in [0.25, 0.3) is 5.91 Å². The third-order valence-electron chi connectivity index (χ3n) is 7.60. The van der Waals surface area contributed by atoms with Crippen LogP contribution in [-0.2, 0) is 11.8 Å². The van der Waals surface area contributed by atoms with Gasteiger partial charge in [0.2, 0.25) is 0 Å². The average Bonchev–Trinajstić information content (AvgIpc) is 3.36. The molecule has 1 N–H and O–H groups in total. The third-order valence-corrected chi connectivity index (χ3v) is 7.83. The first-order chi connectivity index (χ1) is 23.6. The molecular weight excluding hydrogens is 660 g/mol. The zero-order valence-electron chi connectivity index (χ0n) is 28.8. The van der Waals surface area contributed by atoms with Gasteiger partial charge in [-0.2, -0.15) is 5.26 Å². The fourth-order valence-corrected chi connectivity index (χ4v) is 5.20. The van der Waals surface area contributed by atoms with E-state index in [1.54, 1.807) is 107 Å². The van der Waals surface area contributed by atoms with Crippen molar-refractivity contribution in [1.29, 1.82) is 5.26 Å². The number of ether oxygens (including phenoxy) is 3. The summed E-state index contributed by atoms with van der Waals surface area (Å²) in [5.74, 6) is -0.725. The summed E-state index contributed by atoms with van der Waals surface area (Å²) >= 11 is 6.27. The molecule has 0 spiro atoms. The summed E-state index contributed by atoms with van der Waals surface area (Å²) in [7, 11) is 3.33. The summed E-state index contributed by atoms with van der Waals surface area (Å²) in [6, 6.07) is 19.8. The molecule has 0 saturated carbocycles. The molecule has 2 amide bonds. The van der Waals surface area contributed by atoms with Crippen molar-refractivity contribution in [2.45, 2.75) is 33.3 Å². The van der Waals surface area contributed by atoms with Crippen LogP contribution in [-0.4, -0.2) is 65.0 Å². The molecule has 1 heterocycles. The Kier molecular flexibility index (Phi) is 11.6. The van der Waals surface area contributed by atoms with Gasteiger partial charge in [0, 0.05) is 47.8 Å². The lowest BCUT2D eigenvalue weighted by atomic mass is 10.0. The van der Waals surface area contributed by atoms with Gasteiger partial charge in [0.1, 0.15) is 30.3 Å². The first-order valence-corrected chi connectivity index (χ1v) is 16.0. The maximum absolute atomic E-state index is 14.7. The van der Waals surface area contributed by atoms with Gasteiger partial charge in [0.05, 0.1) is 35.0 Å². The summed E-state index contributed by atoms with van der Waals surface area (Å²) in [4.78, 5) is 42.0. The predicted molar refractivity (Wildman–Crippen MR) is 192 cm³/mol. The Balaban J connectivity index is 1.77. The molecule has 0 bridgehead atoms. The van der Waals surface area contributed by atoms with E-state index >= 15 is 0 Å². The largest absolute Gasteiger partial charge is 0.492 e. The Labute approximate surface area is 296 Å². The number of benzene rings is 3. The first-order valence-electron chi connectivity index (χ1n) is 15.6. The van der Waals surface area contributed by atoms with E-state index in [9.17, 15) is 24.8 Å². The minimum atomic E-state index is -1.14. The van der Waals surface area contributed by atoms with Crippen molar-refractivity contribution in [2.24, 2.45) is 7.05 Å². The molecule has 12 heteroatoms. The zero-order valence-corrected chi connectivity index (χ0v) is 29.6. The lowest BCUT2D eigenvalue weighted by Gasteiger charge is -2.25. The number of hydrogen-bond donors (Lipinski definition) is 1. The fourth-order valence-electron chi connectivity index (χ4n) is 5.03. The fraction of sp³-hybridized carbons (Fsp3) is 0.263. The standard InChI is InChI=1S/C38H39ClN4O7/c1-8-16-48-29-12-10-27(11-13-29)43(28-18-25(23-40)19-30(21-28)49-17-15-41(6)37(47)50-38(3,4)5)35(44)32-22-34(42(7)24(32)2)33-20-26(39)9-14-31(33)36(45)46/h8-14,18-22H,1,15-17H2,2-7H3,(H,45,46). The maximum Gasteiger partial charge on any atom is 0.410 e. The van der Waals surface area contributed by atoms with E-state index in [2.05, 4.69) is 12.6 Å². The minimum absolute atomic E-state index is 0.0294. The summed E-state index contributed by atoms with van der Waals surface area (Å²) in [5.41, 5.74) is 2.09. The summed E-state index contributed by atoms with van der Waals surface area (Å²) in [5, 5.41) is 20.2. The molecule has 0 saturated heterocycles. The van der Waals surface area contributed by atoms with Gasteiger partial charge in [0.15, 0.2) is 0 Å². The van der Waals surface area contributed by atoms with Crippen LogP contribution >= 0.6 is 11.6 Å². The number of anilines is 2. The number of rotatable bonds is 12. The van der Waals surface area contributed by atoms with Gasteiger partial charge in [-0.15, -0.1) is 0 Å². The minimum Gasteiger partial charge on any atom is -0.492 e.